The number of aromatic nitrogens is 1. The number of benzene rings is 2. The summed E-state index contributed by atoms with van der Waals surface area (Å²) in [4.78, 5) is 15.9. The first-order valence-corrected chi connectivity index (χ1v) is 12.3. The molecule has 0 N–H and O–H groups in total. The van der Waals surface area contributed by atoms with Gasteiger partial charge in [0.05, 0.1) is 16.3 Å². The van der Waals surface area contributed by atoms with Crippen molar-refractivity contribution in [1.29, 1.82) is 0 Å². The van der Waals surface area contributed by atoms with Gasteiger partial charge in [-0.25, -0.2) is 4.79 Å². The van der Waals surface area contributed by atoms with Gasteiger partial charge in [-0.05, 0) is 56.4 Å². The molecule has 4 nitrogen and oxygen atoms in total. The standard InChI is InChI=1S/C26H23N2O2S2/c1-3-27-20-9-5-7-11-22(20)31-24(27)15-13-18-17-19(30-26(18)29)14-16-25-28(4-2)21-10-6-8-12-23(21)32-25/h5-17H,3-4H2,1-2H3/q+1. The summed E-state index contributed by atoms with van der Waals surface area (Å²) in [5.41, 5.74) is 3.00. The average molecular weight is 460 g/mol. The average Bonchev–Trinajstić information content (AvgIpc) is 3.47. The quantitative estimate of drug-likeness (QED) is 0.343. The number of aryl methyl sites for hydroxylation is 1. The third kappa shape index (κ3) is 3.80. The first-order valence-electron chi connectivity index (χ1n) is 10.7. The van der Waals surface area contributed by atoms with Crippen molar-refractivity contribution in [2.75, 3.05) is 11.4 Å². The van der Waals surface area contributed by atoms with Crippen molar-refractivity contribution < 1.29 is 14.1 Å². The lowest BCUT2D eigenvalue weighted by Gasteiger charge is -2.17. The van der Waals surface area contributed by atoms with Gasteiger partial charge in [-0.3, -0.25) is 0 Å². The van der Waals surface area contributed by atoms with Gasteiger partial charge in [0.2, 0.25) is 5.52 Å². The van der Waals surface area contributed by atoms with Crippen LogP contribution in [0.25, 0.3) is 16.3 Å². The van der Waals surface area contributed by atoms with E-state index in [1.54, 1.807) is 23.1 Å². The number of thiazole rings is 1. The lowest BCUT2D eigenvalue weighted by molar-refractivity contribution is -0.665. The third-order valence-corrected chi connectivity index (χ3v) is 7.71. The maximum atomic E-state index is 12.4. The van der Waals surface area contributed by atoms with Crippen LogP contribution < -0.4 is 9.47 Å². The van der Waals surface area contributed by atoms with E-state index in [9.17, 15) is 4.79 Å². The third-order valence-electron chi connectivity index (χ3n) is 5.45. The predicted molar refractivity (Wildman–Crippen MR) is 132 cm³/mol. The molecule has 5 rings (SSSR count). The molecule has 0 radical (unpaired) electrons. The van der Waals surface area contributed by atoms with Crippen molar-refractivity contribution in [2.45, 2.75) is 25.3 Å². The first kappa shape index (κ1) is 20.8. The highest BCUT2D eigenvalue weighted by molar-refractivity contribution is 8.03. The molecule has 0 unspecified atom stereocenters. The highest BCUT2D eigenvalue weighted by atomic mass is 32.2. The number of carbonyl (C=O) groups is 1. The molecule has 32 heavy (non-hydrogen) atoms. The fourth-order valence-corrected chi connectivity index (χ4v) is 6.18. The number of hydrogen-bond donors (Lipinski definition) is 0. The van der Waals surface area contributed by atoms with Gasteiger partial charge in [-0.15, -0.1) is 0 Å². The molecule has 0 saturated heterocycles. The molecule has 0 bridgehead atoms. The van der Waals surface area contributed by atoms with Crippen LogP contribution in [0.5, 0.6) is 0 Å². The SMILES string of the molecule is CCN1/C(=C\C=C2C=C(/C=C/c3sc4ccccc4[n+]3CC)C(=O)O/2)Sc2ccccc21. The normalized spacial score (nSPS) is 18.2. The second-order valence-corrected chi connectivity index (χ2v) is 9.49. The van der Waals surface area contributed by atoms with E-state index in [2.05, 4.69) is 71.8 Å². The van der Waals surface area contributed by atoms with Crippen LogP contribution in [0.4, 0.5) is 5.69 Å². The number of ether oxygens (including phenoxy) is 1. The van der Waals surface area contributed by atoms with Crippen LogP contribution >= 0.6 is 23.1 Å². The summed E-state index contributed by atoms with van der Waals surface area (Å²) in [7, 11) is 0. The first-order chi connectivity index (χ1) is 15.7. The lowest BCUT2D eigenvalue weighted by atomic mass is 10.2. The van der Waals surface area contributed by atoms with Crippen LogP contribution in [-0.2, 0) is 16.1 Å². The summed E-state index contributed by atoms with van der Waals surface area (Å²) in [6.45, 7) is 6.03. The monoisotopic (exact) mass is 459 g/mol. The van der Waals surface area contributed by atoms with E-state index in [4.69, 9.17) is 4.74 Å². The van der Waals surface area contributed by atoms with Crippen molar-refractivity contribution in [3.8, 4) is 0 Å². The molecule has 3 heterocycles. The van der Waals surface area contributed by atoms with E-state index >= 15 is 0 Å². The Bertz CT molecular complexity index is 1330. The number of fused-ring (bicyclic) bond motifs is 2. The fraction of sp³-hybridized carbons (Fsp3) is 0.154. The Morgan fingerprint density at radius 1 is 1.03 bits per heavy atom. The summed E-state index contributed by atoms with van der Waals surface area (Å²) < 4.78 is 8.98. The van der Waals surface area contributed by atoms with Gasteiger partial charge in [0.1, 0.15) is 17.0 Å². The number of thioether (sulfide) groups is 1. The molecule has 0 amide bonds. The summed E-state index contributed by atoms with van der Waals surface area (Å²) in [6.07, 6.45) is 9.57. The largest absolute Gasteiger partial charge is 0.423 e. The molecule has 0 atom stereocenters. The van der Waals surface area contributed by atoms with Crippen molar-refractivity contribution in [3.05, 3.63) is 94.2 Å². The fourth-order valence-electron chi connectivity index (χ4n) is 3.93. The van der Waals surface area contributed by atoms with E-state index < -0.39 is 0 Å². The lowest BCUT2D eigenvalue weighted by Crippen LogP contribution is -2.33. The maximum Gasteiger partial charge on any atom is 0.343 e. The van der Waals surface area contributed by atoms with Gasteiger partial charge in [0.15, 0.2) is 0 Å². The Labute approximate surface area is 195 Å². The molecule has 1 aromatic heterocycles. The number of cyclic esters (lactones) is 1. The highest BCUT2D eigenvalue weighted by Gasteiger charge is 2.24. The number of rotatable bonds is 5. The van der Waals surface area contributed by atoms with Crippen LogP contribution in [0.15, 0.2) is 94.1 Å². The Balaban J connectivity index is 1.39. The molecule has 0 fully saturated rings. The minimum atomic E-state index is -0.315. The Kier molecular flexibility index (Phi) is 5.72. The molecular formula is C26H23N2O2S2+. The van der Waals surface area contributed by atoms with Crippen molar-refractivity contribution in [1.82, 2.24) is 0 Å². The Hall–Kier alpha value is -3.09. The topological polar surface area (TPSA) is 33.4 Å². The zero-order valence-electron chi connectivity index (χ0n) is 17.9. The minimum Gasteiger partial charge on any atom is -0.423 e. The Morgan fingerprint density at radius 3 is 2.69 bits per heavy atom. The zero-order valence-corrected chi connectivity index (χ0v) is 19.6. The molecule has 160 valence electrons. The second-order valence-electron chi connectivity index (χ2n) is 7.36. The molecule has 6 heteroatoms. The number of esters is 1. The highest BCUT2D eigenvalue weighted by Crippen LogP contribution is 2.45. The number of hydrogen-bond acceptors (Lipinski definition) is 5. The number of anilines is 1. The van der Waals surface area contributed by atoms with Crippen molar-refractivity contribution in [3.63, 3.8) is 0 Å². The number of nitrogens with zero attached hydrogens (tertiary/aromatic N) is 2. The van der Waals surface area contributed by atoms with Gasteiger partial charge >= 0.3 is 5.97 Å². The van der Waals surface area contributed by atoms with Crippen molar-refractivity contribution in [2.24, 2.45) is 0 Å². The van der Waals surface area contributed by atoms with E-state index in [0.29, 0.717) is 11.3 Å². The van der Waals surface area contributed by atoms with Gasteiger partial charge in [0, 0.05) is 23.6 Å². The van der Waals surface area contributed by atoms with Gasteiger partial charge in [0.25, 0.3) is 5.01 Å². The molecular weight excluding hydrogens is 436 g/mol. The van der Waals surface area contributed by atoms with Crippen LogP contribution in [0.2, 0.25) is 0 Å². The maximum absolute atomic E-state index is 12.4. The van der Waals surface area contributed by atoms with Crippen molar-refractivity contribution >= 4 is 51.0 Å². The minimum absolute atomic E-state index is 0.315. The van der Waals surface area contributed by atoms with E-state index in [0.717, 1.165) is 23.1 Å². The van der Waals surface area contributed by atoms with Gasteiger partial charge in [-0.2, -0.15) is 4.57 Å². The molecule has 2 aromatic carbocycles. The smallest absolute Gasteiger partial charge is 0.343 e. The molecule has 0 saturated carbocycles. The molecule has 0 aliphatic carbocycles. The predicted octanol–water partition coefficient (Wildman–Crippen LogP) is 6.06. The van der Waals surface area contributed by atoms with Crippen LogP contribution in [0.1, 0.15) is 18.9 Å². The van der Waals surface area contributed by atoms with Crippen LogP contribution in [-0.4, -0.2) is 12.5 Å². The Morgan fingerprint density at radius 2 is 1.84 bits per heavy atom. The number of carbonyl (C=O) groups excluding carboxylic acids is 1. The van der Waals surface area contributed by atoms with Crippen LogP contribution in [0, 0.1) is 0 Å². The summed E-state index contributed by atoms with van der Waals surface area (Å²) in [5.74, 6) is 0.249. The van der Waals surface area contributed by atoms with Gasteiger partial charge in [-0.1, -0.05) is 47.4 Å². The van der Waals surface area contributed by atoms with E-state index in [-0.39, 0.29) is 5.97 Å². The van der Waals surface area contributed by atoms with E-state index in [1.165, 1.54) is 20.8 Å². The summed E-state index contributed by atoms with van der Waals surface area (Å²) in [5, 5.41) is 2.24. The second kappa shape index (κ2) is 8.81. The number of para-hydroxylation sites is 2. The summed E-state index contributed by atoms with van der Waals surface area (Å²) in [6, 6.07) is 16.7. The van der Waals surface area contributed by atoms with E-state index in [1.807, 2.05) is 30.4 Å². The molecule has 2 aliphatic heterocycles. The van der Waals surface area contributed by atoms with Crippen LogP contribution in [0.3, 0.4) is 0 Å². The zero-order chi connectivity index (χ0) is 22.1. The molecule has 2 aliphatic rings. The molecule has 0 spiro atoms. The van der Waals surface area contributed by atoms with Gasteiger partial charge < -0.3 is 9.64 Å². The summed E-state index contributed by atoms with van der Waals surface area (Å²) >= 11 is 3.46. The number of allylic oxidation sites excluding steroid dienone is 3. The molecule has 3 aromatic rings.